The minimum absolute atomic E-state index is 0. The van der Waals surface area contributed by atoms with Gasteiger partial charge in [-0.3, -0.25) is 0 Å². The summed E-state index contributed by atoms with van der Waals surface area (Å²) >= 11 is 6.32. The molecule has 13 heavy (non-hydrogen) atoms. The van der Waals surface area contributed by atoms with E-state index >= 15 is 0 Å². The quantitative estimate of drug-likeness (QED) is 0.609. The molecule has 0 aliphatic heterocycles. The Morgan fingerprint density at radius 1 is 1.23 bits per heavy atom. The molecule has 1 aromatic rings. The molecule has 0 heterocycles. The number of rotatable bonds is 0. The van der Waals surface area contributed by atoms with Crippen LogP contribution in [0.15, 0.2) is 18.2 Å². The number of hydrogen-bond donors (Lipinski definition) is 0. The molecular formula is C7H4BrClF3Sn. The second kappa shape index (κ2) is 4.89. The van der Waals surface area contributed by atoms with Gasteiger partial charge in [0.15, 0.2) is 0 Å². The van der Waals surface area contributed by atoms with E-state index in [0.29, 0.717) is 3.58 Å². The molecule has 0 atom stereocenters. The number of benzene rings is 1. The molecule has 0 spiro atoms. The van der Waals surface area contributed by atoms with Crippen LogP contribution < -0.4 is 3.58 Å². The average Bonchev–Trinajstić information content (AvgIpc) is 1.92. The second-order valence-electron chi connectivity index (χ2n) is 2.19. The summed E-state index contributed by atoms with van der Waals surface area (Å²) in [6.45, 7) is 0. The molecule has 0 bridgehead atoms. The van der Waals surface area contributed by atoms with Crippen molar-refractivity contribution in [2.24, 2.45) is 0 Å². The van der Waals surface area contributed by atoms with Gasteiger partial charge in [0.05, 0.1) is 0 Å². The van der Waals surface area contributed by atoms with E-state index in [-0.39, 0.29) is 22.0 Å². The van der Waals surface area contributed by atoms with Crippen molar-refractivity contribution >= 4 is 54.7 Å². The van der Waals surface area contributed by atoms with Gasteiger partial charge >= 0.3 is 85.8 Å². The first-order chi connectivity index (χ1) is 5.41. The SMILES string of the molecule is Br.FC(F)(F)c1c[c]([Sn])ccc1Cl. The standard InChI is InChI=1S/C7H3ClF3.BrH.Sn/c8-6-4-2-1-3-5(6)7(9,10)11;;/h2-4H;1H;. The number of hydrogen-bond acceptors (Lipinski definition) is 0. The van der Waals surface area contributed by atoms with E-state index in [1.807, 2.05) is 0 Å². The van der Waals surface area contributed by atoms with Crippen LogP contribution in [-0.4, -0.2) is 22.5 Å². The zero-order valence-corrected chi connectivity index (χ0v) is 11.5. The van der Waals surface area contributed by atoms with Crippen molar-refractivity contribution in [3.8, 4) is 0 Å². The van der Waals surface area contributed by atoms with Gasteiger partial charge in [-0.15, -0.1) is 17.0 Å². The van der Waals surface area contributed by atoms with Gasteiger partial charge in [-0.1, -0.05) is 0 Å². The molecule has 6 heteroatoms. The summed E-state index contributed by atoms with van der Waals surface area (Å²) in [7, 11) is 0. The van der Waals surface area contributed by atoms with Gasteiger partial charge in [0.25, 0.3) is 0 Å². The minimum atomic E-state index is -4.34. The fraction of sp³-hybridized carbons (Fsp3) is 0.143. The van der Waals surface area contributed by atoms with Crippen LogP contribution in [0, 0.1) is 0 Å². The van der Waals surface area contributed by atoms with E-state index in [2.05, 4.69) is 0 Å². The zero-order valence-electron chi connectivity index (χ0n) is 6.15. The number of halogens is 5. The Bertz CT molecular complexity index is 300. The normalized spacial score (nSPS) is 10.8. The van der Waals surface area contributed by atoms with Gasteiger partial charge in [0.2, 0.25) is 0 Å². The second-order valence-corrected chi connectivity index (χ2v) is 4.25. The molecule has 0 saturated carbocycles. The van der Waals surface area contributed by atoms with Crippen molar-refractivity contribution in [1.29, 1.82) is 0 Å². The molecule has 0 unspecified atom stereocenters. The predicted octanol–water partition coefficient (Wildman–Crippen LogP) is 2.73. The van der Waals surface area contributed by atoms with Gasteiger partial charge in [-0.25, -0.2) is 0 Å². The third-order valence-corrected chi connectivity index (χ3v) is 2.49. The summed E-state index contributed by atoms with van der Waals surface area (Å²) in [4.78, 5) is 0. The molecule has 0 nitrogen and oxygen atoms in total. The van der Waals surface area contributed by atoms with Gasteiger partial charge in [0.1, 0.15) is 0 Å². The van der Waals surface area contributed by atoms with Crippen molar-refractivity contribution in [3.05, 3.63) is 28.8 Å². The van der Waals surface area contributed by atoms with E-state index in [1.54, 1.807) is 6.07 Å². The molecule has 71 valence electrons. The fourth-order valence-corrected chi connectivity index (χ4v) is 1.62. The van der Waals surface area contributed by atoms with E-state index < -0.39 is 11.7 Å². The fourth-order valence-electron chi connectivity index (χ4n) is 0.743. The van der Waals surface area contributed by atoms with E-state index in [0.717, 1.165) is 28.6 Å². The predicted molar refractivity (Wildman–Crippen MR) is 52.2 cm³/mol. The maximum atomic E-state index is 12.2. The zero-order chi connectivity index (χ0) is 9.35. The molecule has 0 saturated heterocycles. The average molecular weight is 379 g/mol. The van der Waals surface area contributed by atoms with Gasteiger partial charge in [0, 0.05) is 0 Å². The van der Waals surface area contributed by atoms with Crippen molar-refractivity contribution in [1.82, 2.24) is 0 Å². The van der Waals surface area contributed by atoms with Gasteiger partial charge in [-0.05, 0) is 0 Å². The Morgan fingerprint density at radius 2 is 1.77 bits per heavy atom. The summed E-state index contributed by atoms with van der Waals surface area (Å²) < 4.78 is 37.1. The Balaban J connectivity index is 0.00000144. The van der Waals surface area contributed by atoms with Crippen LogP contribution >= 0.6 is 28.6 Å². The third kappa shape index (κ3) is 3.67. The first-order valence-corrected chi connectivity index (χ1v) is 4.80. The topological polar surface area (TPSA) is 0 Å². The third-order valence-electron chi connectivity index (χ3n) is 1.27. The Morgan fingerprint density at radius 3 is 2.15 bits per heavy atom. The molecule has 0 fully saturated rings. The molecular weight excluding hydrogens is 375 g/mol. The molecule has 0 aliphatic rings. The van der Waals surface area contributed by atoms with Crippen LogP contribution in [0.1, 0.15) is 5.56 Å². The van der Waals surface area contributed by atoms with E-state index in [1.165, 1.54) is 6.07 Å². The number of alkyl halides is 3. The monoisotopic (exact) mass is 379 g/mol. The molecule has 0 N–H and O–H groups in total. The molecule has 1 aromatic carbocycles. The molecule has 0 aromatic heterocycles. The molecule has 0 amide bonds. The molecule has 0 aliphatic carbocycles. The summed E-state index contributed by atoms with van der Waals surface area (Å²) in [6.07, 6.45) is -4.34. The van der Waals surface area contributed by atoms with Crippen molar-refractivity contribution in [2.75, 3.05) is 0 Å². The van der Waals surface area contributed by atoms with Crippen molar-refractivity contribution < 1.29 is 13.2 Å². The molecule has 1 rings (SSSR count). The summed E-state index contributed by atoms with van der Waals surface area (Å²) in [6, 6.07) is 3.92. The van der Waals surface area contributed by atoms with Gasteiger partial charge < -0.3 is 0 Å². The van der Waals surface area contributed by atoms with Crippen LogP contribution in [0.3, 0.4) is 0 Å². The van der Waals surface area contributed by atoms with Crippen LogP contribution in [0.4, 0.5) is 13.2 Å². The molecule has 3 radical (unpaired) electrons. The first-order valence-electron chi connectivity index (χ1n) is 2.99. The Labute approximate surface area is 102 Å². The van der Waals surface area contributed by atoms with E-state index in [4.69, 9.17) is 11.6 Å². The van der Waals surface area contributed by atoms with E-state index in [9.17, 15) is 13.2 Å². The first kappa shape index (κ1) is 13.6. The van der Waals surface area contributed by atoms with Crippen LogP contribution in [0.2, 0.25) is 5.02 Å². The van der Waals surface area contributed by atoms with Gasteiger partial charge in [-0.2, -0.15) is 0 Å². The Kier molecular flexibility index (Phi) is 5.10. The van der Waals surface area contributed by atoms with Crippen molar-refractivity contribution in [2.45, 2.75) is 6.18 Å². The summed E-state index contributed by atoms with van der Waals surface area (Å²) in [5.74, 6) is 0. The Hall–Kier alpha value is 0.579. The van der Waals surface area contributed by atoms with Crippen molar-refractivity contribution in [3.63, 3.8) is 0 Å². The summed E-state index contributed by atoms with van der Waals surface area (Å²) in [5, 5.41) is -0.242. The summed E-state index contributed by atoms with van der Waals surface area (Å²) in [5.41, 5.74) is -0.751. The van der Waals surface area contributed by atoms with Crippen LogP contribution in [-0.2, 0) is 6.18 Å². The maximum absolute atomic E-state index is 12.2. The van der Waals surface area contributed by atoms with Crippen LogP contribution in [0.5, 0.6) is 0 Å². The van der Waals surface area contributed by atoms with Crippen LogP contribution in [0.25, 0.3) is 0 Å².